The minimum atomic E-state index is -0.758. The molecule has 1 atom stereocenters. The predicted octanol–water partition coefficient (Wildman–Crippen LogP) is 4.17. The second-order valence-corrected chi connectivity index (χ2v) is 7.85. The number of nitrogens with zero attached hydrogens (tertiary/aromatic N) is 3. The Morgan fingerprint density at radius 1 is 1.06 bits per heavy atom. The van der Waals surface area contributed by atoms with E-state index in [9.17, 15) is 14.7 Å². The zero-order chi connectivity index (χ0) is 22.4. The van der Waals surface area contributed by atoms with Gasteiger partial charge in [-0.05, 0) is 43.2 Å². The number of fused-ring (bicyclic) bond motifs is 1. The fourth-order valence-corrected chi connectivity index (χ4v) is 4.27. The van der Waals surface area contributed by atoms with E-state index in [0.29, 0.717) is 17.1 Å². The zero-order valence-corrected chi connectivity index (χ0v) is 17.6. The SMILES string of the molecule is Cc1cccn2c(C)c(C(O)=C3C(=O)C(=O)N(Cc4ccco4)C3c3ccccc3)nc12. The van der Waals surface area contributed by atoms with E-state index >= 15 is 0 Å². The molecule has 1 aliphatic rings. The Balaban J connectivity index is 1.71. The van der Waals surface area contributed by atoms with E-state index in [1.165, 1.54) is 11.2 Å². The summed E-state index contributed by atoms with van der Waals surface area (Å²) < 4.78 is 7.28. The smallest absolute Gasteiger partial charge is 0.296 e. The number of rotatable bonds is 4. The first-order valence-corrected chi connectivity index (χ1v) is 10.3. The van der Waals surface area contributed by atoms with Crippen LogP contribution in [0.25, 0.3) is 11.4 Å². The van der Waals surface area contributed by atoms with Crippen LogP contribution in [0.3, 0.4) is 0 Å². The third-order valence-corrected chi connectivity index (χ3v) is 5.87. The Bertz CT molecular complexity index is 1370. The summed E-state index contributed by atoms with van der Waals surface area (Å²) in [5.74, 6) is -1.16. The van der Waals surface area contributed by atoms with E-state index in [2.05, 4.69) is 4.98 Å². The molecular formula is C25H21N3O4. The summed E-state index contributed by atoms with van der Waals surface area (Å²) in [6.07, 6.45) is 3.37. The van der Waals surface area contributed by atoms with Crippen molar-refractivity contribution in [3.8, 4) is 0 Å². The number of carbonyl (C=O) groups excluding carboxylic acids is 2. The topological polar surface area (TPSA) is 88.0 Å². The standard InChI is InChI=1S/C25H21N3O4/c1-15-8-6-12-27-16(2)20(26-24(15)27)22(29)19-21(17-9-4-3-5-10-17)28(25(31)23(19)30)14-18-11-7-13-32-18/h3-13,21,29H,14H2,1-2H3. The van der Waals surface area contributed by atoms with Gasteiger partial charge in [0.1, 0.15) is 17.1 Å². The van der Waals surface area contributed by atoms with Gasteiger partial charge in [0.2, 0.25) is 0 Å². The van der Waals surface area contributed by atoms with Crippen molar-refractivity contribution >= 4 is 23.1 Å². The molecule has 7 nitrogen and oxygen atoms in total. The van der Waals surface area contributed by atoms with E-state index in [0.717, 1.165) is 11.1 Å². The molecule has 4 heterocycles. The van der Waals surface area contributed by atoms with Crippen molar-refractivity contribution < 1.29 is 19.1 Å². The number of furan rings is 1. The van der Waals surface area contributed by atoms with Crippen LogP contribution in [0.15, 0.2) is 77.0 Å². The number of carbonyl (C=O) groups is 2. The largest absolute Gasteiger partial charge is 0.505 e. The maximum absolute atomic E-state index is 13.2. The van der Waals surface area contributed by atoms with Crippen LogP contribution < -0.4 is 0 Å². The van der Waals surface area contributed by atoms with Crippen LogP contribution in [-0.2, 0) is 16.1 Å². The quantitative estimate of drug-likeness (QED) is 0.300. The van der Waals surface area contributed by atoms with E-state index in [1.54, 1.807) is 12.1 Å². The number of pyridine rings is 1. The van der Waals surface area contributed by atoms with E-state index in [-0.39, 0.29) is 23.6 Å². The Labute approximate surface area is 184 Å². The number of aromatic nitrogens is 2. The number of hydrogen-bond donors (Lipinski definition) is 1. The average molecular weight is 427 g/mol. The summed E-state index contributed by atoms with van der Waals surface area (Å²) >= 11 is 0. The molecule has 1 saturated heterocycles. The van der Waals surface area contributed by atoms with Crippen LogP contribution in [0.5, 0.6) is 0 Å². The molecular weight excluding hydrogens is 406 g/mol. The fourth-order valence-electron chi connectivity index (χ4n) is 4.27. The van der Waals surface area contributed by atoms with Gasteiger partial charge in [-0.25, -0.2) is 4.98 Å². The first-order chi connectivity index (χ1) is 15.5. The molecule has 0 spiro atoms. The number of hydrogen-bond acceptors (Lipinski definition) is 5. The summed E-state index contributed by atoms with van der Waals surface area (Å²) in [5, 5.41) is 11.3. The zero-order valence-electron chi connectivity index (χ0n) is 17.6. The fraction of sp³-hybridized carbons (Fsp3) is 0.160. The van der Waals surface area contributed by atoms with Crippen molar-refractivity contribution in [2.24, 2.45) is 0 Å². The number of aliphatic hydroxyl groups is 1. The molecule has 1 amide bonds. The molecule has 7 heteroatoms. The van der Waals surface area contributed by atoms with Crippen LogP contribution in [0.1, 0.15) is 34.3 Å². The molecule has 3 aromatic heterocycles. The molecule has 1 N–H and O–H groups in total. The van der Waals surface area contributed by atoms with Gasteiger partial charge in [-0.15, -0.1) is 0 Å². The van der Waals surface area contributed by atoms with Gasteiger partial charge in [0.25, 0.3) is 11.7 Å². The van der Waals surface area contributed by atoms with E-state index in [1.807, 2.05) is 66.9 Å². The number of aryl methyl sites for hydroxylation is 2. The Morgan fingerprint density at radius 2 is 1.84 bits per heavy atom. The molecule has 160 valence electrons. The molecule has 1 aromatic carbocycles. The van der Waals surface area contributed by atoms with Gasteiger partial charge in [-0.1, -0.05) is 36.4 Å². The third kappa shape index (κ3) is 3.01. The van der Waals surface area contributed by atoms with E-state index in [4.69, 9.17) is 4.42 Å². The lowest BCUT2D eigenvalue weighted by atomic mass is 9.96. The number of likely N-dealkylation sites (tertiary alicyclic amines) is 1. The van der Waals surface area contributed by atoms with Crippen molar-refractivity contribution in [2.45, 2.75) is 26.4 Å². The van der Waals surface area contributed by atoms with Crippen LogP contribution in [0.4, 0.5) is 0 Å². The van der Waals surface area contributed by atoms with Gasteiger partial charge >= 0.3 is 0 Å². The summed E-state index contributed by atoms with van der Waals surface area (Å²) in [6.45, 7) is 3.86. The van der Waals surface area contributed by atoms with Crippen LogP contribution in [0, 0.1) is 13.8 Å². The Hall–Kier alpha value is -4.13. The highest BCUT2D eigenvalue weighted by molar-refractivity contribution is 6.46. The van der Waals surface area contributed by atoms with Crippen molar-refractivity contribution in [2.75, 3.05) is 0 Å². The molecule has 0 radical (unpaired) electrons. The summed E-state index contributed by atoms with van der Waals surface area (Å²) in [4.78, 5) is 32.2. The maximum Gasteiger partial charge on any atom is 0.296 e. The molecule has 1 fully saturated rings. The molecule has 5 rings (SSSR count). The molecule has 0 aliphatic carbocycles. The highest BCUT2D eigenvalue weighted by Crippen LogP contribution is 2.40. The molecule has 4 aromatic rings. The highest BCUT2D eigenvalue weighted by Gasteiger charge is 2.46. The first-order valence-electron chi connectivity index (χ1n) is 10.3. The summed E-state index contributed by atoms with van der Waals surface area (Å²) in [5.41, 5.74) is 3.34. The van der Waals surface area contributed by atoms with Crippen LogP contribution in [0.2, 0.25) is 0 Å². The van der Waals surface area contributed by atoms with Crippen molar-refractivity contribution in [3.05, 3.63) is 101 Å². The summed E-state index contributed by atoms with van der Waals surface area (Å²) in [6, 6.07) is 15.7. The highest BCUT2D eigenvalue weighted by atomic mass is 16.3. The molecule has 32 heavy (non-hydrogen) atoms. The van der Waals surface area contributed by atoms with Crippen molar-refractivity contribution in [1.29, 1.82) is 0 Å². The summed E-state index contributed by atoms with van der Waals surface area (Å²) in [7, 11) is 0. The number of amides is 1. The van der Waals surface area contributed by atoms with Gasteiger partial charge in [0.15, 0.2) is 5.76 Å². The normalized spacial score (nSPS) is 18.1. The Morgan fingerprint density at radius 3 is 2.53 bits per heavy atom. The van der Waals surface area contributed by atoms with Crippen molar-refractivity contribution in [3.63, 3.8) is 0 Å². The lowest BCUT2D eigenvalue weighted by molar-refractivity contribution is -0.140. The van der Waals surface area contributed by atoms with Crippen molar-refractivity contribution in [1.82, 2.24) is 14.3 Å². The van der Waals surface area contributed by atoms with E-state index < -0.39 is 17.7 Å². The maximum atomic E-state index is 13.2. The minimum absolute atomic E-state index is 0.0249. The number of benzene rings is 1. The molecule has 0 bridgehead atoms. The molecule has 1 unspecified atom stereocenters. The van der Waals surface area contributed by atoms with Gasteiger partial charge in [0.05, 0.1) is 30.1 Å². The second-order valence-electron chi connectivity index (χ2n) is 7.85. The van der Waals surface area contributed by atoms with Gasteiger partial charge in [-0.3, -0.25) is 9.59 Å². The second kappa shape index (κ2) is 7.53. The lowest BCUT2D eigenvalue weighted by Gasteiger charge is -2.24. The third-order valence-electron chi connectivity index (χ3n) is 5.87. The molecule has 1 aliphatic heterocycles. The molecule has 0 saturated carbocycles. The number of Topliss-reactive ketones (excluding diaryl/α,β-unsaturated/α-hetero) is 1. The van der Waals surface area contributed by atoms with Gasteiger partial charge in [-0.2, -0.15) is 0 Å². The minimum Gasteiger partial charge on any atom is -0.505 e. The lowest BCUT2D eigenvalue weighted by Crippen LogP contribution is -2.29. The predicted molar refractivity (Wildman–Crippen MR) is 118 cm³/mol. The average Bonchev–Trinajstić information content (AvgIpc) is 3.49. The van der Waals surface area contributed by atoms with Crippen LogP contribution >= 0.6 is 0 Å². The van der Waals surface area contributed by atoms with Crippen LogP contribution in [-0.4, -0.2) is 31.1 Å². The number of ketones is 1. The van der Waals surface area contributed by atoms with Gasteiger partial charge < -0.3 is 18.8 Å². The Kier molecular flexibility index (Phi) is 4.66. The first kappa shape index (κ1) is 19.8. The number of imidazole rings is 1. The monoisotopic (exact) mass is 427 g/mol. The number of aliphatic hydroxyl groups excluding tert-OH is 1. The van der Waals surface area contributed by atoms with Gasteiger partial charge in [0, 0.05) is 6.20 Å².